The first kappa shape index (κ1) is 38.3. The highest BCUT2D eigenvalue weighted by Crippen LogP contribution is 2.08. The van der Waals surface area contributed by atoms with Crippen molar-refractivity contribution in [3.8, 4) is 0 Å². The van der Waals surface area contributed by atoms with Gasteiger partial charge in [0.05, 0.1) is 17.9 Å². The Kier molecular flexibility index (Phi) is 25.0. The molecular formula is C32H57NO6S. The number of carbonyl (C=O) groups is 1. The first-order valence-corrected chi connectivity index (χ1v) is 17.1. The Labute approximate surface area is 244 Å². The number of nitrogens with one attached hydrogen (secondary N) is 1. The number of aliphatic hydroxyl groups is 2. The van der Waals surface area contributed by atoms with Gasteiger partial charge in [0, 0.05) is 0 Å². The molecule has 0 heterocycles. The van der Waals surface area contributed by atoms with Crippen molar-refractivity contribution >= 4 is 16.0 Å². The molecule has 0 spiro atoms. The van der Waals surface area contributed by atoms with Crippen LogP contribution in [0.25, 0.3) is 0 Å². The number of unbranched alkanes of at least 4 members (excludes halogenated alkanes) is 11. The topological polar surface area (TPSA) is 124 Å². The summed E-state index contributed by atoms with van der Waals surface area (Å²) < 4.78 is 32.1. The lowest BCUT2D eigenvalue weighted by atomic mass is 10.1. The summed E-state index contributed by atoms with van der Waals surface area (Å²) in [5, 5.41) is 23.0. The summed E-state index contributed by atoms with van der Waals surface area (Å²) in [7, 11) is -4.45. The van der Waals surface area contributed by atoms with Crippen molar-refractivity contribution in [3.63, 3.8) is 0 Å². The molecule has 0 aromatic heterocycles. The third-order valence-corrected chi connectivity index (χ3v) is 7.35. The summed E-state index contributed by atoms with van der Waals surface area (Å²) in [5.74, 6) is -1.62. The molecule has 1 amide bonds. The number of rotatable bonds is 26. The minimum atomic E-state index is -4.45. The number of aliphatic hydroxyl groups excluding tert-OH is 2. The van der Waals surface area contributed by atoms with Crippen LogP contribution in [-0.2, 0) is 14.9 Å². The first-order valence-electron chi connectivity index (χ1n) is 15.4. The van der Waals surface area contributed by atoms with Gasteiger partial charge in [-0.2, -0.15) is 8.42 Å². The van der Waals surface area contributed by atoms with Crippen molar-refractivity contribution in [2.45, 2.75) is 141 Å². The second-order valence-electron chi connectivity index (χ2n) is 10.5. The minimum Gasteiger partial charge on any atom is -0.387 e. The molecule has 0 saturated carbocycles. The number of amides is 1. The number of hydrogen-bond acceptors (Lipinski definition) is 5. The second kappa shape index (κ2) is 26.2. The Hall–Kier alpha value is -1.74. The van der Waals surface area contributed by atoms with Crippen molar-refractivity contribution in [2.24, 2.45) is 0 Å². The number of carbonyl (C=O) groups excluding carboxylic acids is 1. The summed E-state index contributed by atoms with van der Waals surface area (Å²) in [4.78, 5) is 12.4. The van der Waals surface area contributed by atoms with Crippen molar-refractivity contribution in [3.05, 3.63) is 48.6 Å². The molecule has 3 atom stereocenters. The molecule has 0 aliphatic carbocycles. The standard InChI is InChI=1S/C32H57NO6S/c1-3-5-7-9-11-13-14-15-16-17-18-19-21-22-24-26-30(34)29(28-40(37,38)39)33-32(36)31(35)27-25-23-20-12-10-8-6-4-2/h14-15,18-20,23-24,26,29-31,34-35H,3-13,16-17,21-22,25,27-28H2,1-2H3,(H,33,36)(H,37,38,39)/b15-14+,19-18+,23-20-,26-24+. The van der Waals surface area contributed by atoms with E-state index >= 15 is 0 Å². The van der Waals surface area contributed by atoms with Crippen LogP contribution in [0.15, 0.2) is 48.6 Å². The zero-order valence-corrected chi connectivity index (χ0v) is 25.9. The van der Waals surface area contributed by atoms with Gasteiger partial charge >= 0.3 is 0 Å². The van der Waals surface area contributed by atoms with E-state index in [4.69, 9.17) is 0 Å². The molecule has 0 aromatic carbocycles. The van der Waals surface area contributed by atoms with Crippen LogP contribution in [0.4, 0.5) is 0 Å². The van der Waals surface area contributed by atoms with Crippen molar-refractivity contribution in [1.82, 2.24) is 5.32 Å². The van der Waals surface area contributed by atoms with Gasteiger partial charge in [-0.25, -0.2) is 0 Å². The van der Waals surface area contributed by atoms with Crippen LogP contribution in [0.5, 0.6) is 0 Å². The molecule has 0 aromatic rings. The lowest BCUT2D eigenvalue weighted by Crippen LogP contribution is -2.50. The molecule has 0 radical (unpaired) electrons. The molecule has 232 valence electrons. The second-order valence-corrected chi connectivity index (χ2v) is 12.0. The third-order valence-electron chi connectivity index (χ3n) is 6.57. The van der Waals surface area contributed by atoms with Crippen LogP contribution in [0, 0.1) is 0 Å². The summed E-state index contributed by atoms with van der Waals surface area (Å²) in [6.45, 7) is 4.39. The molecule has 3 unspecified atom stereocenters. The quantitative estimate of drug-likeness (QED) is 0.0495. The Morgan fingerprint density at radius 3 is 1.65 bits per heavy atom. The van der Waals surface area contributed by atoms with E-state index in [1.165, 1.54) is 57.4 Å². The summed E-state index contributed by atoms with van der Waals surface area (Å²) in [6, 6.07) is -1.27. The fraction of sp³-hybridized carbons (Fsp3) is 0.719. The van der Waals surface area contributed by atoms with Gasteiger partial charge in [0.15, 0.2) is 0 Å². The first-order chi connectivity index (χ1) is 19.2. The van der Waals surface area contributed by atoms with E-state index < -0.39 is 40.0 Å². The zero-order valence-electron chi connectivity index (χ0n) is 25.1. The van der Waals surface area contributed by atoms with Gasteiger partial charge in [-0.1, -0.05) is 107 Å². The predicted molar refractivity (Wildman–Crippen MR) is 167 cm³/mol. The molecule has 4 N–H and O–H groups in total. The number of hydrogen-bond donors (Lipinski definition) is 4. The van der Waals surface area contributed by atoms with Crippen LogP contribution in [0.2, 0.25) is 0 Å². The van der Waals surface area contributed by atoms with Crippen molar-refractivity contribution in [2.75, 3.05) is 5.75 Å². The highest BCUT2D eigenvalue weighted by atomic mass is 32.2. The van der Waals surface area contributed by atoms with Crippen LogP contribution in [0.3, 0.4) is 0 Å². The van der Waals surface area contributed by atoms with E-state index in [9.17, 15) is 28.0 Å². The van der Waals surface area contributed by atoms with Gasteiger partial charge in [0.2, 0.25) is 5.91 Å². The van der Waals surface area contributed by atoms with Crippen LogP contribution < -0.4 is 5.32 Å². The zero-order chi connectivity index (χ0) is 29.9. The molecule has 0 saturated heterocycles. The lowest BCUT2D eigenvalue weighted by Gasteiger charge is -2.22. The van der Waals surface area contributed by atoms with Gasteiger partial charge in [0.1, 0.15) is 6.10 Å². The van der Waals surface area contributed by atoms with E-state index in [0.29, 0.717) is 12.8 Å². The van der Waals surface area contributed by atoms with Crippen LogP contribution in [-0.4, -0.2) is 53.1 Å². The molecule has 0 bridgehead atoms. The molecule has 0 fully saturated rings. The average molecular weight is 584 g/mol. The fourth-order valence-electron chi connectivity index (χ4n) is 4.13. The monoisotopic (exact) mass is 583 g/mol. The summed E-state index contributed by atoms with van der Waals surface area (Å²) in [5.41, 5.74) is 0. The normalized spacial score (nSPS) is 15.0. The number of allylic oxidation sites excluding steroid dienone is 7. The molecule has 0 aliphatic rings. The summed E-state index contributed by atoms with van der Waals surface area (Å²) >= 11 is 0. The predicted octanol–water partition coefficient (Wildman–Crippen LogP) is 6.98. The van der Waals surface area contributed by atoms with Gasteiger partial charge in [-0.15, -0.1) is 0 Å². The van der Waals surface area contributed by atoms with Gasteiger partial charge < -0.3 is 15.5 Å². The largest absolute Gasteiger partial charge is 0.387 e. The average Bonchev–Trinajstić information content (AvgIpc) is 2.90. The fourth-order valence-corrected chi connectivity index (χ4v) is 4.87. The van der Waals surface area contributed by atoms with E-state index in [1.807, 2.05) is 12.2 Å². The molecule has 7 nitrogen and oxygen atoms in total. The van der Waals surface area contributed by atoms with Gasteiger partial charge in [0.25, 0.3) is 10.1 Å². The van der Waals surface area contributed by atoms with Crippen molar-refractivity contribution in [1.29, 1.82) is 0 Å². The smallest absolute Gasteiger partial charge is 0.267 e. The molecule has 0 aliphatic heterocycles. The van der Waals surface area contributed by atoms with E-state index in [-0.39, 0.29) is 6.42 Å². The third kappa shape index (κ3) is 25.2. The minimum absolute atomic E-state index is 0.184. The highest BCUT2D eigenvalue weighted by Gasteiger charge is 2.27. The van der Waals surface area contributed by atoms with Crippen LogP contribution >= 0.6 is 0 Å². The molecule has 40 heavy (non-hydrogen) atoms. The molecular weight excluding hydrogens is 526 g/mol. The lowest BCUT2D eigenvalue weighted by molar-refractivity contribution is -0.130. The van der Waals surface area contributed by atoms with Crippen molar-refractivity contribution < 1.29 is 28.0 Å². The summed E-state index contributed by atoms with van der Waals surface area (Å²) in [6.07, 6.45) is 30.5. The van der Waals surface area contributed by atoms with E-state index in [2.05, 4.69) is 43.5 Å². The maximum atomic E-state index is 12.4. The Bertz CT molecular complexity index is 834. The molecule has 8 heteroatoms. The maximum Gasteiger partial charge on any atom is 0.267 e. The Morgan fingerprint density at radius 1 is 0.675 bits per heavy atom. The maximum absolute atomic E-state index is 12.4. The molecule has 0 rings (SSSR count). The highest BCUT2D eigenvalue weighted by molar-refractivity contribution is 7.85. The Morgan fingerprint density at radius 2 is 1.12 bits per heavy atom. The SMILES string of the molecule is CCCCCC/C=C\CCC(O)C(=O)NC(CS(=O)(=O)O)C(O)/C=C/CC/C=C/CC/C=C/CCCCCCC. The van der Waals surface area contributed by atoms with E-state index in [1.54, 1.807) is 6.08 Å². The Balaban J connectivity index is 4.38. The van der Waals surface area contributed by atoms with Gasteiger partial charge in [-0.05, 0) is 64.2 Å². The van der Waals surface area contributed by atoms with E-state index in [0.717, 1.165) is 38.5 Å². The van der Waals surface area contributed by atoms with Crippen LogP contribution in [0.1, 0.15) is 123 Å². The van der Waals surface area contributed by atoms with Gasteiger partial charge in [-0.3, -0.25) is 9.35 Å².